The van der Waals surface area contributed by atoms with Crippen LogP contribution in [0, 0.1) is 0 Å². The van der Waals surface area contributed by atoms with Crippen molar-refractivity contribution in [3.63, 3.8) is 0 Å². The van der Waals surface area contributed by atoms with Gasteiger partial charge in [-0.05, 0) is 60.7 Å². The molecule has 0 spiro atoms. The molecule has 0 saturated carbocycles. The fraction of sp³-hybridized carbons (Fsp3) is 0.0312. The first-order valence-electron chi connectivity index (χ1n) is 12.4. The molecule has 9 heteroatoms. The normalized spacial score (nSPS) is 12.5. The maximum absolute atomic E-state index is 13.2. The second-order valence-corrected chi connectivity index (χ2v) is 10.6. The number of rotatable bonds is 6. The zero-order valence-corrected chi connectivity index (χ0v) is 23.5. The van der Waals surface area contributed by atoms with Crippen molar-refractivity contribution in [3.8, 4) is 11.3 Å². The van der Waals surface area contributed by atoms with Crippen LogP contribution in [0.25, 0.3) is 22.2 Å². The van der Waals surface area contributed by atoms with Gasteiger partial charge in [0.05, 0.1) is 33.6 Å². The highest BCUT2D eigenvalue weighted by molar-refractivity contribution is 9.10. The second-order valence-electron chi connectivity index (χ2n) is 9.26. The number of nitrogens with zero attached hydrogens (tertiary/aromatic N) is 2. The summed E-state index contributed by atoms with van der Waals surface area (Å²) >= 11 is 9.54. The van der Waals surface area contributed by atoms with E-state index >= 15 is 0 Å². The van der Waals surface area contributed by atoms with E-state index in [1.165, 1.54) is 0 Å². The number of benzene rings is 4. The molecule has 0 atom stereocenters. The van der Waals surface area contributed by atoms with Gasteiger partial charge in [0.2, 0.25) is 0 Å². The molecule has 0 N–H and O–H groups in total. The third-order valence-corrected chi connectivity index (χ3v) is 7.47. The van der Waals surface area contributed by atoms with Gasteiger partial charge in [0, 0.05) is 26.0 Å². The van der Waals surface area contributed by atoms with Crippen LogP contribution in [-0.4, -0.2) is 35.2 Å². The largest absolute Gasteiger partial charge is 0.454 e. The van der Waals surface area contributed by atoms with Gasteiger partial charge in [0.15, 0.2) is 12.4 Å². The third kappa shape index (κ3) is 5.03. The average molecular weight is 626 g/mol. The lowest BCUT2D eigenvalue weighted by atomic mass is 10.0. The van der Waals surface area contributed by atoms with Gasteiger partial charge in [-0.2, -0.15) is 0 Å². The number of amides is 2. The van der Waals surface area contributed by atoms with E-state index in [1.807, 2.05) is 0 Å². The van der Waals surface area contributed by atoms with Gasteiger partial charge in [-0.3, -0.25) is 14.4 Å². The molecular weight excluding hydrogens is 608 g/mol. The number of carbonyl (C=O) groups excluding carboxylic acids is 4. The summed E-state index contributed by atoms with van der Waals surface area (Å²) in [6, 6.07) is 26.7. The Morgan fingerprint density at radius 1 is 0.829 bits per heavy atom. The maximum Gasteiger partial charge on any atom is 0.339 e. The van der Waals surface area contributed by atoms with Gasteiger partial charge in [-0.1, -0.05) is 63.9 Å². The van der Waals surface area contributed by atoms with Gasteiger partial charge in [-0.15, -0.1) is 0 Å². The SMILES string of the molecule is O=C(COC(=O)c1cc(-c2ccc(N3C(=O)c4ccccc4C3=O)cc2)nc2ccc(Cl)cc12)c1ccc(Br)cc1. The first kappa shape index (κ1) is 26.6. The van der Waals surface area contributed by atoms with Crippen LogP contribution in [0.5, 0.6) is 0 Å². The number of hydrogen-bond donors (Lipinski definition) is 0. The number of ether oxygens (including phenoxy) is 1. The number of pyridine rings is 1. The van der Waals surface area contributed by atoms with Crippen molar-refractivity contribution in [2.75, 3.05) is 11.5 Å². The summed E-state index contributed by atoms with van der Waals surface area (Å²) in [6.45, 7) is -0.435. The van der Waals surface area contributed by atoms with Crippen LogP contribution in [0.15, 0.2) is 102 Å². The topological polar surface area (TPSA) is 93.6 Å². The van der Waals surface area contributed by atoms with Crippen LogP contribution in [0.1, 0.15) is 41.4 Å². The molecule has 0 aliphatic carbocycles. The predicted molar refractivity (Wildman–Crippen MR) is 159 cm³/mol. The number of aromatic nitrogens is 1. The molecular formula is C32H18BrClN2O5. The smallest absolute Gasteiger partial charge is 0.339 e. The highest BCUT2D eigenvalue weighted by Gasteiger charge is 2.36. The third-order valence-electron chi connectivity index (χ3n) is 6.71. The monoisotopic (exact) mass is 624 g/mol. The first-order chi connectivity index (χ1) is 19.8. The lowest BCUT2D eigenvalue weighted by Gasteiger charge is -2.15. The number of halogens is 2. The average Bonchev–Trinajstić information content (AvgIpc) is 3.25. The quantitative estimate of drug-likeness (QED) is 0.113. The second kappa shape index (κ2) is 10.7. The molecule has 0 unspecified atom stereocenters. The summed E-state index contributed by atoms with van der Waals surface area (Å²) in [5.74, 6) is -1.82. The Morgan fingerprint density at radius 3 is 2.15 bits per heavy atom. The Hall–Kier alpha value is -4.66. The summed E-state index contributed by atoms with van der Waals surface area (Å²) in [4.78, 5) is 57.4. The van der Waals surface area contributed by atoms with Crippen molar-refractivity contribution < 1.29 is 23.9 Å². The van der Waals surface area contributed by atoms with Gasteiger partial charge in [0.25, 0.3) is 11.8 Å². The fourth-order valence-corrected chi connectivity index (χ4v) is 5.08. The molecule has 0 saturated heterocycles. The number of Topliss-reactive ketones (excluding diaryl/α,β-unsaturated/α-hetero) is 1. The van der Waals surface area contributed by atoms with E-state index in [0.29, 0.717) is 49.6 Å². The lowest BCUT2D eigenvalue weighted by molar-refractivity contribution is 0.0476. The highest BCUT2D eigenvalue weighted by Crippen LogP contribution is 2.32. The summed E-state index contributed by atoms with van der Waals surface area (Å²) in [5.41, 5.74) is 3.35. The molecule has 1 aliphatic heterocycles. The molecule has 5 aromatic rings. The lowest BCUT2D eigenvalue weighted by Crippen LogP contribution is -2.29. The van der Waals surface area contributed by atoms with Crippen molar-refractivity contribution in [1.29, 1.82) is 0 Å². The molecule has 4 aromatic carbocycles. The van der Waals surface area contributed by atoms with E-state index in [-0.39, 0.29) is 23.2 Å². The van der Waals surface area contributed by atoms with E-state index in [4.69, 9.17) is 16.3 Å². The fourth-order valence-electron chi connectivity index (χ4n) is 4.65. The minimum atomic E-state index is -0.700. The van der Waals surface area contributed by atoms with Crippen LogP contribution in [0.3, 0.4) is 0 Å². The number of fused-ring (bicyclic) bond motifs is 2. The van der Waals surface area contributed by atoms with Gasteiger partial charge in [-0.25, -0.2) is 14.7 Å². The first-order valence-corrected chi connectivity index (χ1v) is 13.6. The summed E-state index contributed by atoms with van der Waals surface area (Å²) in [7, 11) is 0. The Kier molecular flexibility index (Phi) is 6.95. The molecule has 41 heavy (non-hydrogen) atoms. The summed E-state index contributed by atoms with van der Waals surface area (Å²) in [6.07, 6.45) is 0. The van der Waals surface area contributed by atoms with Gasteiger partial charge < -0.3 is 4.74 Å². The molecule has 6 rings (SSSR count). The van der Waals surface area contributed by atoms with Crippen LogP contribution >= 0.6 is 27.5 Å². The molecule has 200 valence electrons. The number of imide groups is 1. The number of anilines is 1. The Balaban J connectivity index is 1.29. The van der Waals surface area contributed by atoms with Crippen LogP contribution < -0.4 is 4.90 Å². The molecule has 1 aliphatic rings. The zero-order chi connectivity index (χ0) is 28.7. The molecule has 0 bridgehead atoms. The van der Waals surface area contributed by atoms with Crippen LogP contribution in [0.2, 0.25) is 5.02 Å². The van der Waals surface area contributed by atoms with E-state index in [2.05, 4.69) is 20.9 Å². The van der Waals surface area contributed by atoms with Gasteiger partial charge >= 0.3 is 5.97 Å². The Morgan fingerprint density at radius 2 is 1.49 bits per heavy atom. The van der Waals surface area contributed by atoms with E-state index in [0.717, 1.165) is 9.37 Å². The van der Waals surface area contributed by atoms with Crippen molar-refractivity contribution in [2.45, 2.75) is 0 Å². The zero-order valence-electron chi connectivity index (χ0n) is 21.1. The molecule has 1 aromatic heterocycles. The number of esters is 1. The number of hydrogen-bond acceptors (Lipinski definition) is 6. The standard InChI is InChI=1S/C32H18BrClN2O5/c33-20-9-5-19(6-10-20)29(37)17-41-32(40)26-16-28(35-27-14-11-21(34)15-25(26)27)18-7-12-22(13-8-18)36-30(38)23-3-1-2-4-24(23)31(36)39/h1-16H,17H2. The molecule has 0 radical (unpaired) electrons. The highest BCUT2D eigenvalue weighted by atomic mass is 79.9. The molecule has 2 amide bonds. The van der Waals surface area contributed by atoms with E-state index < -0.39 is 12.6 Å². The van der Waals surface area contributed by atoms with E-state index in [1.54, 1.807) is 97.1 Å². The van der Waals surface area contributed by atoms with Crippen molar-refractivity contribution in [2.24, 2.45) is 0 Å². The van der Waals surface area contributed by atoms with E-state index in [9.17, 15) is 19.2 Å². The number of ketones is 1. The van der Waals surface area contributed by atoms with Crippen LogP contribution in [0.4, 0.5) is 5.69 Å². The summed E-state index contributed by atoms with van der Waals surface area (Å²) < 4.78 is 6.23. The Bertz CT molecular complexity index is 1850. The van der Waals surface area contributed by atoms with Gasteiger partial charge in [0.1, 0.15) is 0 Å². The molecule has 7 nitrogen and oxygen atoms in total. The molecule has 2 heterocycles. The summed E-state index contributed by atoms with van der Waals surface area (Å²) in [5, 5.41) is 0.891. The van der Waals surface area contributed by atoms with Crippen molar-refractivity contribution in [1.82, 2.24) is 4.98 Å². The maximum atomic E-state index is 13.2. The molecule has 0 fully saturated rings. The minimum absolute atomic E-state index is 0.195. The minimum Gasteiger partial charge on any atom is -0.454 e. The van der Waals surface area contributed by atoms with Crippen molar-refractivity contribution in [3.05, 3.63) is 129 Å². The predicted octanol–water partition coefficient (Wildman–Crippen LogP) is 7.16. The van der Waals surface area contributed by atoms with Crippen LogP contribution in [-0.2, 0) is 4.74 Å². The number of carbonyl (C=O) groups is 4. The Labute approximate surface area is 247 Å². The van der Waals surface area contributed by atoms with Crippen molar-refractivity contribution >= 4 is 67.7 Å².